The van der Waals surface area contributed by atoms with Gasteiger partial charge in [0.15, 0.2) is 0 Å². The molecular formula is C18H18N2O. The average Bonchev–Trinajstić information content (AvgIpc) is 2.79. The molecule has 0 saturated carbocycles. The molecule has 1 aromatic carbocycles. The molecule has 0 spiro atoms. The molecule has 2 aromatic heterocycles. The van der Waals surface area contributed by atoms with Crippen LogP contribution in [0.2, 0.25) is 0 Å². The zero-order valence-corrected chi connectivity index (χ0v) is 12.3. The van der Waals surface area contributed by atoms with Gasteiger partial charge in [0.1, 0.15) is 6.29 Å². The maximum absolute atomic E-state index is 10.8. The summed E-state index contributed by atoms with van der Waals surface area (Å²) in [6.45, 7) is 4.98. The maximum Gasteiger partial charge on any atom is 0.121 e. The van der Waals surface area contributed by atoms with Crippen molar-refractivity contribution in [2.45, 2.75) is 26.8 Å². The Morgan fingerprint density at radius 3 is 2.76 bits per heavy atom. The summed E-state index contributed by atoms with van der Waals surface area (Å²) in [5, 5.41) is 1.28. The van der Waals surface area contributed by atoms with Gasteiger partial charge in [-0.3, -0.25) is 4.98 Å². The van der Waals surface area contributed by atoms with Crippen molar-refractivity contribution in [1.82, 2.24) is 9.55 Å². The van der Waals surface area contributed by atoms with Gasteiger partial charge in [-0.2, -0.15) is 0 Å². The summed E-state index contributed by atoms with van der Waals surface area (Å²) in [4.78, 5) is 15.0. The zero-order chi connectivity index (χ0) is 14.8. The minimum Gasteiger partial charge on any atom is -0.340 e. The predicted molar refractivity (Wildman–Crippen MR) is 85.3 cm³/mol. The standard InChI is InChI=1S/C18H18N2O/c1-13-6-3-8-16-17(13)14(2)18(20(16)10-5-11-21)15-7-4-9-19-12-15/h3-4,6-9,11-12H,5,10H2,1-2H3. The number of fused-ring (bicyclic) bond motifs is 1. The van der Waals surface area contributed by atoms with E-state index in [0.29, 0.717) is 13.0 Å². The molecule has 106 valence electrons. The number of nitrogens with zero attached hydrogens (tertiary/aromatic N) is 2. The van der Waals surface area contributed by atoms with E-state index in [-0.39, 0.29) is 0 Å². The molecule has 0 saturated heterocycles. The van der Waals surface area contributed by atoms with E-state index in [0.717, 1.165) is 17.5 Å². The molecule has 0 aliphatic heterocycles. The van der Waals surface area contributed by atoms with Crippen molar-refractivity contribution in [3.8, 4) is 11.3 Å². The van der Waals surface area contributed by atoms with Crippen molar-refractivity contribution in [1.29, 1.82) is 0 Å². The van der Waals surface area contributed by atoms with E-state index in [9.17, 15) is 4.79 Å². The molecule has 0 N–H and O–H groups in total. The normalized spacial score (nSPS) is 11.0. The lowest BCUT2D eigenvalue weighted by Gasteiger charge is -2.10. The molecule has 0 aliphatic rings. The molecule has 0 fully saturated rings. The number of aldehydes is 1. The highest BCUT2D eigenvalue weighted by Gasteiger charge is 2.16. The first-order valence-corrected chi connectivity index (χ1v) is 7.16. The van der Waals surface area contributed by atoms with Crippen LogP contribution in [0.3, 0.4) is 0 Å². The van der Waals surface area contributed by atoms with Gasteiger partial charge in [-0.05, 0) is 43.2 Å². The SMILES string of the molecule is Cc1cccc2c1c(C)c(-c1cccnc1)n2CCC=O. The topological polar surface area (TPSA) is 34.9 Å². The summed E-state index contributed by atoms with van der Waals surface area (Å²) in [5.74, 6) is 0. The Balaban J connectivity index is 2.33. The zero-order valence-electron chi connectivity index (χ0n) is 12.3. The number of rotatable bonds is 4. The van der Waals surface area contributed by atoms with Crippen molar-refractivity contribution < 1.29 is 4.79 Å². The fourth-order valence-electron chi connectivity index (χ4n) is 3.10. The van der Waals surface area contributed by atoms with E-state index in [1.807, 2.05) is 12.3 Å². The van der Waals surface area contributed by atoms with Crippen molar-refractivity contribution >= 4 is 17.2 Å². The molecule has 0 unspecified atom stereocenters. The summed E-state index contributed by atoms with van der Waals surface area (Å²) in [6.07, 6.45) is 5.16. The fourth-order valence-corrected chi connectivity index (χ4v) is 3.10. The minimum atomic E-state index is 0.518. The molecule has 3 heteroatoms. The number of hydrogen-bond acceptors (Lipinski definition) is 2. The Labute approximate surface area is 124 Å². The number of carbonyl (C=O) groups is 1. The molecule has 21 heavy (non-hydrogen) atoms. The first-order valence-electron chi connectivity index (χ1n) is 7.16. The van der Waals surface area contributed by atoms with Crippen molar-refractivity contribution in [2.24, 2.45) is 0 Å². The van der Waals surface area contributed by atoms with Gasteiger partial charge in [-0.1, -0.05) is 12.1 Å². The van der Waals surface area contributed by atoms with E-state index < -0.39 is 0 Å². The van der Waals surface area contributed by atoms with Crippen LogP contribution in [0.1, 0.15) is 17.5 Å². The third-order valence-electron chi connectivity index (χ3n) is 3.95. The quantitative estimate of drug-likeness (QED) is 0.678. The monoisotopic (exact) mass is 278 g/mol. The number of aryl methyl sites for hydroxylation is 3. The van der Waals surface area contributed by atoms with Gasteiger partial charge in [0.2, 0.25) is 0 Å². The third-order valence-corrected chi connectivity index (χ3v) is 3.95. The molecule has 0 radical (unpaired) electrons. The second kappa shape index (κ2) is 5.52. The Morgan fingerprint density at radius 2 is 2.05 bits per heavy atom. The summed E-state index contributed by atoms with van der Waals surface area (Å²) in [5.41, 5.74) is 5.96. The number of aromatic nitrogens is 2. The summed E-state index contributed by atoms with van der Waals surface area (Å²) in [6, 6.07) is 10.3. The lowest BCUT2D eigenvalue weighted by atomic mass is 10.0. The number of pyridine rings is 1. The number of benzene rings is 1. The van der Waals surface area contributed by atoms with Crippen LogP contribution < -0.4 is 0 Å². The van der Waals surface area contributed by atoms with Crippen LogP contribution >= 0.6 is 0 Å². The molecule has 0 atom stereocenters. The highest BCUT2D eigenvalue weighted by molar-refractivity contribution is 5.93. The second-order valence-corrected chi connectivity index (χ2v) is 5.29. The van der Waals surface area contributed by atoms with E-state index >= 15 is 0 Å². The third kappa shape index (κ3) is 2.25. The Morgan fingerprint density at radius 1 is 1.19 bits per heavy atom. The summed E-state index contributed by atoms with van der Waals surface area (Å²) in [7, 11) is 0. The molecule has 2 heterocycles. The van der Waals surface area contributed by atoms with Gasteiger partial charge in [-0.15, -0.1) is 0 Å². The van der Waals surface area contributed by atoms with Crippen LogP contribution in [0, 0.1) is 13.8 Å². The fraction of sp³-hybridized carbons (Fsp3) is 0.222. The van der Waals surface area contributed by atoms with Gasteiger partial charge in [0.05, 0.1) is 5.69 Å². The minimum absolute atomic E-state index is 0.518. The second-order valence-electron chi connectivity index (χ2n) is 5.29. The predicted octanol–water partition coefficient (Wildman–Crippen LogP) is 3.91. The van der Waals surface area contributed by atoms with Crippen molar-refractivity contribution in [3.05, 3.63) is 53.9 Å². The first-order chi connectivity index (χ1) is 10.2. The molecule has 3 nitrogen and oxygen atoms in total. The lowest BCUT2D eigenvalue weighted by molar-refractivity contribution is -0.108. The van der Waals surface area contributed by atoms with E-state index in [1.54, 1.807) is 6.20 Å². The van der Waals surface area contributed by atoms with E-state index in [4.69, 9.17) is 0 Å². The lowest BCUT2D eigenvalue weighted by Crippen LogP contribution is -2.01. The number of carbonyl (C=O) groups excluding carboxylic acids is 1. The van der Waals surface area contributed by atoms with E-state index in [1.165, 1.54) is 22.0 Å². The van der Waals surface area contributed by atoms with Crippen LogP contribution in [0.5, 0.6) is 0 Å². The molecule has 0 bridgehead atoms. The molecular weight excluding hydrogens is 260 g/mol. The van der Waals surface area contributed by atoms with Crippen molar-refractivity contribution in [3.63, 3.8) is 0 Å². The van der Waals surface area contributed by atoms with Gasteiger partial charge in [-0.25, -0.2) is 0 Å². The van der Waals surface area contributed by atoms with Gasteiger partial charge in [0, 0.05) is 41.8 Å². The van der Waals surface area contributed by atoms with Gasteiger partial charge < -0.3 is 9.36 Å². The summed E-state index contributed by atoms with van der Waals surface area (Å²) >= 11 is 0. The van der Waals surface area contributed by atoms with Crippen LogP contribution in [0.15, 0.2) is 42.7 Å². The number of hydrogen-bond donors (Lipinski definition) is 0. The summed E-state index contributed by atoms with van der Waals surface area (Å²) < 4.78 is 2.24. The molecule has 3 rings (SSSR count). The molecule has 0 aliphatic carbocycles. The Hall–Kier alpha value is -2.42. The Bertz CT molecular complexity index is 788. The Kier molecular flexibility index (Phi) is 3.57. The molecule has 3 aromatic rings. The van der Waals surface area contributed by atoms with Crippen molar-refractivity contribution in [2.75, 3.05) is 0 Å². The largest absolute Gasteiger partial charge is 0.340 e. The molecule has 0 amide bonds. The van der Waals surface area contributed by atoms with E-state index in [2.05, 4.69) is 47.7 Å². The highest BCUT2D eigenvalue weighted by Crippen LogP contribution is 2.34. The van der Waals surface area contributed by atoms with Crippen LogP contribution in [-0.4, -0.2) is 15.8 Å². The van der Waals surface area contributed by atoms with Crippen LogP contribution in [0.25, 0.3) is 22.2 Å². The first kappa shape index (κ1) is 13.6. The van der Waals surface area contributed by atoms with Gasteiger partial charge in [0.25, 0.3) is 0 Å². The van der Waals surface area contributed by atoms with Crippen LogP contribution in [-0.2, 0) is 11.3 Å². The van der Waals surface area contributed by atoms with Gasteiger partial charge >= 0.3 is 0 Å². The maximum atomic E-state index is 10.8. The average molecular weight is 278 g/mol. The van der Waals surface area contributed by atoms with Crippen LogP contribution in [0.4, 0.5) is 0 Å². The highest BCUT2D eigenvalue weighted by atomic mass is 16.1. The smallest absolute Gasteiger partial charge is 0.121 e.